The Balaban J connectivity index is 1.68. The van der Waals surface area contributed by atoms with E-state index in [9.17, 15) is 14.4 Å². The van der Waals surface area contributed by atoms with Crippen LogP contribution in [0.1, 0.15) is 30.2 Å². The van der Waals surface area contributed by atoms with Gasteiger partial charge in [0, 0.05) is 6.42 Å². The normalized spacial score (nSPS) is 20.2. The molecule has 3 rings (SSSR count). The molecule has 1 atom stereocenters. The number of carbonyl (C=O) groups excluding carboxylic acids is 3. The van der Waals surface area contributed by atoms with Crippen LogP contribution in [0, 0.1) is 6.92 Å². The van der Waals surface area contributed by atoms with Crippen molar-refractivity contribution in [2.45, 2.75) is 32.2 Å². The number of likely N-dealkylation sites (tertiary alicyclic amines) is 1. The zero-order valence-corrected chi connectivity index (χ0v) is 14.2. The number of rotatable bonds is 5. The third-order valence-corrected chi connectivity index (χ3v) is 4.55. The van der Waals surface area contributed by atoms with E-state index in [1.807, 2.05) is 31.2 Å². The van der Waals surface area contributed by atoms with E-state index in [1.165, 1.54) is 6.26 Å². The Bertz CT molecular complexity index is 795. The molecule has 1 aliphatic rings. The van der Waals surface area contributed by atoms with Gasteiger partial charge in [0.1, 0.15) is 12.3 Å². The number of furan rings is 1. The van der Waals surface area contributed by atoms with Crippen molar-refractivity contribution in [2.24, 2.45) is 0 Å². The highest BCUT2D eigenvalue weighted by Crippen LogP contribution is 2.36. The van der Waals surface area contributed by atoms with Crippen LogP contribution < -0.4 is 5.32 Å². The van der Waals surface area contributed by atoms with Crippen molar-refractivity contribution < 1.29 is 18.8 Å². The largest absolute Gasteiger partial charge is 0.467 e. The van der Waals surface area contributed by atoms with E-state index in [1.54, 1.807) is 19.1 Å². The SMILES string of the molecule is Cc1ccc(C2(C)CC(=O)N(CC(=O)NCc3ccco3)C2=O)cc1. The molecular weight excluding hydrogens is 320 g/mol. The van der Waals surface area contributed by atoms with E-state index in [2.05, 4.69) is 5.32 Å². The van der Waals surface area contributed by atoms with E-state index in [-0.39, 0.29) is 31.3 Å². The lowest BCUT2D eigenvalue weighted by atomic mass is 9.81. The summed E-state index contributed by atoms with van der Waals surface area (Å²) in [5, 5.41) is 2.65. The molecule has 6 nitrogen and oxygen atoms in total. The molecule has 0 spiro atoms. The molecule has 1 unspecified atom stereocenters. The van der Waals surface area contributed by atoms with Crippen LogP contribution in [0.5, 0.6) is 0 Å². The van der Waals surface area contributed by atoms with Crippen molar-refractivity contribution in [3.05, 3.63) is 59.5 Å². The van der Waals surface area contributed by atoms with E-state index in [0.29, 0.717) is 5.76 Å². The molecule has 0 saturated carbocycles. The van der Waals surface area contributed by atoms with E-state index < -0.39 is 11.3 Å². The number of hydrogen-bond acceptors (Lipinski definition) is 4. The quantitative estimate of drug-likeness (QED) is 0.844. The summed E-state index contributed by atoms with van der Waals surface area (Å²) in [6, 6.07) is 11.0. The minimum Gasteiger partial charge on any atom is -0.467 e. The lowest BCUT2D eigenvalue weighted by Gasteiger charge is -2.22. The lowest BCUT2D eigenvalue weighted by molar-refractivity contribution is -0.143. The molecule has 0 aliphatic carbocycles. The number of imide groups is 1. The third-order valence-electron chi connectivity index (χ3n) is 4.55. The molecule has 1 aromatic carbocycles. The lowest BCUT2D eigenvalue weighted by Crippen LogP contribution is -2.42. The van der Waals surface area contributed by atoms with Crippen LogP contribution in [-0.2, 0) is 26.3 Å². The Hall–Kier alpha value is -2.89. The minimum absolute atomic E-state index is 0.0698. The first-order valence-corrected chi connectivity index (χ1v) is 8.11. The Morgan fingerprint density at radius 2 is 1.96 bits per heavy atom. The molecule has 1 N–H and O–H groups in total. The van der Waals surface area contributed by atoms with Gasteiger partial charge < -0.3 is 9.73 Å². The average molecular weight is 340 g/mol. The Kier molecular flexibility index (Phi) is 4.44. The molecule has 1 aliphatic heterocycles. The van der Waals surface area contributed by atoms with Crippen LogP contribution in [0.15, 0.2) is 47.1 Å². The molecule has 1 fully saturated rings. The van der Waals surface area contributed by atoms with Gasteiger partial charge in [-0.15, -0.1) is 0 Å². The molecule has 130 valence electrons. The predicted octanol–water partition coefficient (Wildman–Crippen LogP) is 1.92. The van der Waals surface area contributed by atoms with Gasteiger partial charge in [0.15, 0.2) is 0 Å². The van der Waals surface area contributed by atoms with Gasteiger partial charge in [0.25, 0.3) is 0 Å². The van der Waals surface area contributed by atoms with Gasteiger partial charge in [0.2, 0.25) is 17.7 Å². The minimum atomic E-state index is -0.925. The maximum absolute atomic E-state index is 12.8. The van der Waals surface area contributed by atoms with Crippen molar-refractivity contribution in [2.75, 3.05) is 6.54 Å². The van der Waals surface area contributed by atoms with Gasteiger partial charge in [-0.3, -0.25) is 19.3 Å². The molecule has 2 aromatic rings. The van der Waals surface area contributed by atoms with Crippen LogP contribution in [0.3, 0.4) is 0 Å². The summed E-state index contributed by atoms with van der Waals surface area (Å²) in [6.45, 7) is 3.65. The number of amides is 3. The Morgan fingerprint density at radius 3 is 2.60 bits per heavy atom. The van der Waals surface area contributed by atoms with Gasteiger partial charge >= 0.3 is 0 Å². The standard InChI is InChI=1S/C19H20N2O4/c1-13-5-7-14(8-6-13)19(2)10-17(23)21(18(19)24)12-16(22)20-11-15-4-3-9-25-15/h3-9H,10-12H2,1-2H3,(H,20,22). The summed E-state index contributed by atoms with van der Waals surface area (Å²) in [4.78, 5) is 38.2. The zero-order chi connectivity index (χ0) is 18.0. The van der Waals surface area contributed by atoms with Crippen LogP contribution in [-0.4, -0.2) is 29.2 Å². The number of benzene rings is 1. The fourth-order valence-corrected chi connectivity index (χ4v) is 2.99. The molecule has 0 radical (unpaired) electrons. The molecule has 1 aromatic heterocycles. The summed E-state index contributed by atoms with van der Waals surface area (Å²) >= 11 is 0. The number of hydrogen-bond donors (Lipinski definition) is 1. The van der Waals surface area contributed by atoms with Crippen LogP contribution in [0.25, 0.3) is 0 Å². The van der Waals surface area contributed by atoms with E-state index >= 15 is 0 Å². The third kappa shape index (κ3) is 3.33. The molecule has 2 heterocycles. The summed E-state index contributed by atoms with van der Waals surface area (Å²) in [5.41, 5.74) is 0.944. The monoisotopic (exact) mass is 340 g/mol. The summed E-state index contributed by atoms with van der Waals surface area (Å²) in [7, 11) is 0. The molecular formula is C19H20N2O4. The molecule has 0 bridgehead atoms. The smallest absolute Gasteiger partial charge is 0.240 e. The average Bonchev–Trinajstić information content (AvgIpc) is 3.17. The number of nitrogens with zero attached hydrogens (tertiary/aromatic N) is 1. The number of carbonyl (C=O) groups is 3. The number of aryl methyl sites for hydroxylation is 1. The van der Waals surface area contributed by atoms with Gasteiger partial charge in [-0.05, 0) is 31.5 Å². The van der Waals surface area contributed by atoms with Gasteiger partial charge in [-0.25, -0.2) is 0 Å². The fourth-order valence-electron chi connectivity index (χ4n) is 2.99. The van der Waals surface area contributed by atoms with Crippen molar-refractivity contribution in [3.63, 3.8) is 0 Å². The maximum Gasteiger partial charge on any atom is 0.240 e. The van der Waals surface area contributed by atoms with Crippen LogP contribution >= 0.6 is 0 Å². The zero-order valence-electron chi connectivity index (χ0n) is 14.2. The van der Waals surface area contributed by atoms with E-state index in [0.717, 1.165) is 16.0 Å². The topological polar surface area (TPSA) is 79.6 Å². The van der Waals surface area contributed by atoms with Crippen molar-refractivity contribution in [3.8, 4) is 0 Å². The molecule has 1 saturated heterocycles. The van der Waals surface area contributed by atoms with E-state index in [4.69, 9.17) is 4.42 Å². The summed E-state index contributed by atoms with van der Waals surface area (Å²) < 4.78 is 5.13. The molecule has 6 heteroatoms. The van der Waals surface area contributed by atoms with Gasteiger partial charge in [-0.1, -0.05) is 29.8 Å². The first-order valence-electron chi connectivity index (χ1n) is 8.11. The predicted molar refractivity (Wildman–Crippen MR) is 90.4 cm³/mol. The maximum atomic E-state index is 12.8. The highest BCUT2D eigenvalue weighted by Gasteiger charge is 2.49. The highest BCUT2D eigenvalue weighted by atomic mass is 16.3. The summed E-state index contributed by atoms with van der Waals surface area (Å²) in [6.07, 6.45) is 1.59. The first-order chi connectivity index (χ1) is 11.9. The van der Waals surface area contributed by atoms with Gasteiger partial charge in [-0.2, -0.15) is 0 Å². The van der Waals surface area contributed by atoms with Gasteiger partial charge in [0.05, 0.1) is 18.2 Å². The van der Waals surface area contributed by atoms with Crippen LogP contribution in [0.4, 0.5) is 0 Å². The van der Waals surface area contributed by atoms with Crippen molar-refractivity contribution in [1.29, 1.82) is 0 Å². The number of nitrogens with one attached hydrogen (secondary N) is 1. The molecule has 25 heavy (non-hydrogen) atoms. The van der Waals surface area contributed by atoms with Crippen molar-refractivity contribution >= 4 is 17.7 Å². The fraction of sp³-hybridized carbons (Fsp3) is 0.316. The second-order valence-corrected chi connectivity index (χ2v) is 6.52. The highest BCUT2D eigenvalue weighted by molar-refractivity contribution is 6.10. The molecule has 3 amide bonds. The van der Waals surface area contributed by atoms with Crippen LogP contribution in [0.2, 0.25) is 0 Å². The Labute approximate surface area is 145 Å². The Morgan fingerprint density at radius 1 is 1.24 bits per heavy atom. The second-order valence-electron chi connectivity index (χ2n) is 6.52. The van der Waals surface area contributed by atoms with Crippen molar-refractivity contribution in [1.82, 2.24) is 10.2 Å². The summed E-state index contributed by atoms with van der Waals surface area (Å²) in [5.74, 6) is -0.459. The second kappa shape index (κ2) is 6.55. The first kappa shape index (κ1) is 17.0.